The molecule has 0 aliphatic rings. The summed E-state index contributed by atoms with van der Waals surface area (Å²) in [6.07, 6.45) is 0.729. The van der Waals surface area contributed by atoms with Gasteiger partial charge >= 0.3 is 0 Å². The van der Waals surface area contributed by atoms with Gasteiger partial charge in [0.05, 0.1) is 28.9 Å². The number of nitrogens with one attached hydrogen (secondary N) is 2. The number of hydrogen-bond donors (Lipinski definition) is 2. The summed E-state index contributed by atoms with van der Waals surface area (Å²) in [5.41, 5.74) is 4.23. The van der Waals surface area contributed by atoms with E-state index >= 15 is 0 Å². The minimum absolute atomic E-state index is 0.176. The molecular formula is C25H25BrN4O3. The molecule has 0 saturated carbocycles. The lowest BCUT2D eigenvalue weighted by Gasteiger charge is -2.10. The van der Waals surface area contributed by atoms with Crippen molar-refractivity contribution in [2.75, 3.05) is 26.9 Å². The molecule has 2 heterocycles. The minimum atomic E-state index is -0.176. The lowest BCUT2D eigenvalue weighted by molar-refractivity contribution is 0.0950. The highest BCUT2D eigenvalue weighted by Gasteiger charge is 2.20. The summed E-state index contributed by atoms with van der Waals surface area (Å²) in [6.45, 7) is 3.64. The van der Waals surface area contributed by atoms with E-state index in [1.807, 2.05) is 61.5 Å². The lowest BCUT2D eigenvalue weighted by atomic mass is 10.0. The number of hydrogen-bond acceptors (Lipinski definition) is 5. The van der Waals surface area contributed by atoms with Gasteiger partial charge in [-0.1, -0.05) is 28.1 Å². The molecule has 0 aliphatic heterocycles. The Morgan fingerprint density at radius 3 is 2.52 bits per heavy atom. The van der Waals surface area contributed by atoms with Crippen LogP contribution in [0.4, 0.5) is 0 Å². The fraction of sp³-hybridized carbons (Fsp3) is 0.240. The van der Waals surface area contributed by atoms with Crippen LogP contribution in [0.5, 0.6) is 5.75 Å². The molecule has 0 bridgehead atoms. The third-order valence-electron chi connectivity index (χ3n) is 5.17. The maximum absolute atomic E-state index is 13.2. The first-order valence-corrected chi connectivity index (χ1v) is 11.6. The maximum atomic E-state index is 13.2. The van der Waals surface area contributed by atoms with Crippen LogP contribution in [0.1, 0.15) is 23.7 Å². The zero-order valence-corrected chi connectivity index (χ0v) is 20.1. The molecule has 0 unspecified atom stereocenters. The van der Waals surface area contributed by atoms with E-state index < -0.39 is 0 Å². The Hall–Kier alpha value is -3.23. The van der Waals surface area contributed by atoms with Crippen LogP contribution < -0.4 is 10.1 Å². The van der Waals surface area contributed by atoms with Crippen molar-refractivity contribution in [3.05, 3.63) is 64.6 Å². The van der Waals surface area contributed by atoms with Gasteiger partial charge in [-0.2, -0.15) is 5.10 Å². The zero-order valence-electron chi connectivity index (χ0n) is 18.5. The zero-order chi connectivity index (χ0) is 23.2. The van der Waals surface area contributed by atoms with E-state index in [-0.39, 0.29) is 5.91 Å². The number of rotatable bonds is 9. The highest BCUT2D eigenvalue weighted by molar-refractivity contribution is 9.10. The molecule has 0 radical (unpaired) electrons. The number of aromatic nitrogens is 3. The smallest absolute Gasteiger partial charge is 0.252 e. The number of carbonyl (C=O) groups excluding carboxylic acids is 1. The summed E-state index contributed by atoms with van der Waals surface area (Å²) in [5.74, 6) is 0.612. The van der Waals surface area contributed by atoms with Crippen LogP contribution in [0.2, 0.25) is 0 Å². The number of halogens is 1. The van der Waals surface area contributed by atoms with E-state index in [2.05, 4.69) is 31.4 Å². The number of amides is 1. The molecule has 2 N–H and O–H groups in total. The van der Waals surface area contributed by atoms with Gasteiger partial charge in [0.1, 0.15) is 5.75 Å². The third-order valence-corrected chi connectivity index (χ3v) is 5.70. The normalized spacial score (nSPS) is 11.0. The van der Waals surface area contributed by atoms with Crippen molar-refractivity contribution in [1.82, 2.24) is 20.5 Å². The van der Waals surface area contributed by atoms with Gasteiger partial charge in [0.15, 0.2) is 5.65 Å². The number of ether oxygens (including phenoxy) is 2. The molecule has 0 fully saturated rings. The molecule has 4 rings (SSSR count). The quantitative estimate of drug-likeness (QED) is 0.302. The summed E-state index contributed by atoms with van der Waals surface area (Å²) in [6, 6.07) is 17.3. The van der Waals surface area contributed by atoms with Crippen LogP contribution in [-0.4, -0.2) is 48.0 Å². The molecule has 1 amide bonds. The molecule has 2 aromatic heterocycles. The van der Waals surface area contributed by atoms with Gasteiger partial charge < -0.3 is 14.8 Å². The highest BCUT2D eigenvalue weighted by Crippen LogP contribution is 2.32. The number of pyridine rings is 1. The Balaban J connectivity index is 1.78. The first-order chi connectivity index (χ1) is 16.1. The second-order valence-corrected chi connectivity index (χ2v) is 8.33. The predicted molar refractivity (Wildman–Crippen MR) is 132 cm³/mol. The number of methoxy groups -OCH3 is 1. The van der Waals surface area contributed by atoms with Crippen LogP contribution in [-0.2, 0) is 4.74 Å². The Bertz CT molecular complexity index is 1240. The van der Waals surface area contributed by atoms with Crippen molar-refractivity contribution < 1.29 is 14.3 Å². The number of nitrogens with zero attached hydrogens (tertiary/aromatic N) is 2. The maximum Gasteiger partial charge on any atom is 0.252 e. The molecule has 170 valence electrons. The van der Waals surface area contributed by atoms with Gasteiger partial charge in [-0.3, -0.25) is 9.89 Å². The number of fused-ring (bicyclic) bond motifs is 1. The van der Waals surface area contributed by atoms with Gasteiger partial charge in [-0.15, -0.1) is 0 Å². The van der Waals surface area contributed by atoms with E-state index in [1.54, 1.807) is 7.11 Å². The first kappa shape index (κ1) is 22.9. The van der Waals surface area contributed by atoms with E-state index in [9.17, 15) is 4.79 Å². The average Bonchev–Trinajstić information content (AvgIpc) is 3.26. The van der Waals surface area contributed by atoms with E-state index in [1.165, 1.54) is 0 Å². The van der Waals surface area contributed by atoms with Crippen LogP contribution >= 0.6 is 15.9 Å². The van der Waals surface area contributed by atoms with Gasteiger partial charge in [-0.25, -0.2) is 4.98 Å². The molecule has 0 aliphatic carbocycles. The fourth-order valence-corrected chi connectivity index (χ4v) is 3.84. The monoisotopic (exact) mass is 508 g/mol. The van der Waals surface area contributed by atoms with Crippen LogP contribution in [0.3, 0.4) is 0 Å². The molecule has 0 spiro atoms. The fourth-order valence-electron chi connectivity index (χ4n) is 3.58. The summed E-state index contributed by atoms with van der Waals surface area (Å²) in [7, 11) is 1.65. The largest absolute Gasteiger partial charge is 0.494 e. The van der Waals surface area contributed by atoms with Crippen LogP contribution in [0.15, 0.2) is 59.1 Å². The van der Waals surface area contributed by atoms with Gasteiger partial charge in [0.25, 0.3) is 5.91 Å². The number of aromatic amines is 1. The van der Waals surface area contributed by atoms with Gasteiger partial charge in [0.2, 0.25) is 0 Å². The molecule has 0 atom stereocenters. The predicted octanol–water partition coefficient (Wildman–Crippen LogP) is 5.22. The lowest BCUT2D eigenvalue weighted by Crippen LogP contribution is -2.25. The van der Waals surface area contributed by atoms with Crippen molar-refractivity contribution in [3.63, 3.8) is 0 Å². The third kappa shape index (κ3) is 5.23. The van der Waals surface area contributed by atoms with Crippen molar-refractivity contribution in [3.8, 4) is 28.3 Å². The molecule has 2 aromatic carbocycles. The number of H-pyrrole nitrogens is 1. The number of carbonyl (C=O) groups is 1. The summed E-state index contributed by atoms with van der Waals surface area (Å²) in [5, 5.41) is 11.2. The number of benzene rings is 2. The molecule has 33 heavy (non-hydrogen) atoms. The second kappa shape index (κ2) is 10.6. The second-order valence-electron chi connectivity index (χ2n) is 7.42. The molecule has 8 heteroatoms. The van der Waals surface area contributed by atoms with Crippen molar-refractivity contribution >= 4 is 32.9 Å². The standard InChI is InChI=1S/C25H25BrN4O3/c1-3-33-19-11-7-16(8-12-19)21-15-20(25(31)27-13-4-14-32-2)22-23(29-30-24(22)28-21)17-5-9-18(26)10-6-17/h5-12,15H,3-4,13-14H2,1-2H3,(H,27,31)(H,28,29,30). The van der Waals surface area contributed by atoms with E-state index in [0.717, 1.165) is 33.5 Å². The topological polar surface area (TPSA) is 89.1 Å². The SMILES string of the molecule is CCOc1ccc(-c2cc(C(=O)NCCCOC)c3c(-c4ccc(Br)cc4)[nH]nc3n2)cc1. The highest BCUT2D eigenvalue weighted by atomic mass is 79.9. The molecular weight excluding hydrogens is 484 g/mol. The molecule has 4 aromatic rings. The van der Waals surface area contributed by atoms with Crippen molar-refractivity contribution in [2.24, 2.45) is 0 Å². The Morgan fingerprint density at radius 1 is 1.09 bits per heavy atom. The Kier molecular flexibility index (Phi) is 7.36. The van der Waals surface area contributed by atoms with Crippen LogP contribution in [0, 0.1) is 0 Å². The van der Waals surface area contributed by atoms with Crippen molar-refractivity contribution in [2.45, 2.75) is 13.3 Å². The molecule has 0 saturated heterocycles. The molecule has 7 nitrogen and oxygen atoms in total. The van der Waals surface area contributed by atoms with E-state index in [4.69, 9.17) is 14.5 Å². The average molecular weight is 509 g/mol. The summed E-state index contributed by atoms with van der Waals surface area (Å²) < 4.78 is 11.6. The van der Waals surface area contributed by atoms with Gasteiger partial charge in [0, 0.05) is 35.9 Å². The Morgan fingerprint density at radius 2 is 1.82 bits per heavy atom. The van der Waals surface area contributed by atoms with Gasteiger partial charge in [-0.05, 0) is 55.8 Å². The first-order valence-electron chi connectivity index (χ1n) is 10.8. The van der Waals surface area contributed by atoms with E-state index in [0.29, 0.717) is 42.0 Å². The van der Waals surface area contributed by atoms with Crippen molar-refractivity contribution in [1.29, 1.82) is 0 Å². The Labute approximate surface area is 200 Å². The van der Waals surface area contributed by atoms with Crippen LogP contribution in [0.25, 0.3) is 33.5 Å². The summed E-state index contributed by atoms with van der Waals surface area (Å²) >= 11 is 3.47. The minimum Gasteiger partial charge on any atom is -0.494 e. The summed E-state index contributed by atoms with van der Waals surface area (Å²) in [4.78, 5) is 18.0.